The first-order valence-electron chi connectivity index (χ1n) is 21.8. The molecule has 7 aromatic rings. The van der Waals surface area contributed by atoms with Gasteiger partial charge in [0, 0.05) is 48.2 Å². The molecule has 60 heavy (non-hydrogen) atoms. The van der Waals surface area contributed by atoms with Crippen LogP contribution in [-0.2, 0) is 21.7 Å². The van der Waals surface area contributed by atoms with Crippen molar-refractivity contribution >= 4 is 89.6 Å². The van der Waals surface area contributed by atoms with Crippen LogP contribution in [0.5, 0.6) is 0 Å². The molecule has 3 aliphatic rings. The Hall–Kier alpha value is -4.77. The van der Waals surface area contributed by atoms with Gasteiger partial charge in [-0.2, -0.15) is 0 Å². The number of halogens is 1. The van der Waals surface area contributed by atoms with E-state index in [1.165, 1.54) is 100 Å². The summed E-state index contributed by atoms with van der Waals surface area (Å²) in [5.41, 5.74) is 19.5. The maximum atomic E-state index is 6.99. The zero-order valence-electron chi connectivity index (χ0n) is 37.1. The fourth-order valence-electron chi connectivity index (χ4n) is 10.3. The second kappa shape index (κ2) is 13.4. The second-order valence-corrected chi connectivity index (χ2v) is 22.7. The Labute approximate surface area is 367 Å². The summed E-state index contributed by atoms with van der Waals surface area (Å²) >= 11 is 8.99. The fourth-order valence-corrected chi connectivity index (χ4v) is 11.8. The Morgan fingerprint density at radius 2 is 1.23 bits per heavy atom. The van der Waals surface area contributed by atoms with Crippen LogP contribution in [0, 0.1) is 6.92 Å². The van der Waals surface area contributed by atoms with Gasteiger partial charge in [-0.1, -0.05) is 135 Å². The predicted octanol–water partition coefficient (Wildman–Crippen LogP) is 14.6. The molecule has 0 atom stereocenters. The van der Waals surface area contributed by atoms with Gasteiger partial charge in [0.25, 0.3) is 6.71 Å². The van der Waals surface area contributed by atoms with Crippen molar-refractivity contribution in [2.24, 2.45) is 0 Å². The third-order valence-electron chi connectivity index (χ3n) is 13.9. The average molecular weight is 823 g/mol. The molecular weight excluding hydrogens is 767 g/mol. The van der Waals surface area contributed by atoms with Crippen LogP contribution in [0.1, 0.15) is 110 Å². The fraction of sp³-hybridized carbons (Fsp3) is 0.309. The molecular formula is C55H56BClN2S. The summed E-state index contributed by atoms with van der Waals surface area (Å²) in [4.78, 5) is 5.15. The zero-order valence-corrected chi connectivity index (χ0v) is 38.7. The van der Waals surface area contributed by atoms with Crippen molar-refractivity contribution in [1.82, 2.24) is 0 Å². The lowest BCUT2D eigenvalue weighted by atomic mass is 9.36. The summed E-state index contributed by atoms with van der Waals surface area (Å²) in [6, 6.07) is 44.2. The van der Waals surface area contributed by atoms with Crippen LogP contribution in [0.3, 0.4) is 0 Å². The number of nitrogens with zero attached hydrogens (tertiary/aromatic N) is 2. The molecule has 0 radical (unpaired) electrons. The number of rotatable bonds is 3. The van der Waals surface area contributed by atoms with E-state index in [1.54, 1.807) is 0 Å². The highest BCUT2D eigenvalue weighted by molar-refractivity contribution is 7.33. The lowest BCUT2D eigenvalue weighted by Crippen LogP contribution is -2.60. The van der Waals surface area contributed by atoms with Crippen LogP contribution in [-0.4, -0.2) is 6.71 Å². The maximum Gasteiger partial charge on any atom is 0.264 e. The third kappa shape index (κ3) is 6.11. The Morgan fingerprint density at radius 1 is 0.617 bits per heavy atom. The van der Waals surface area contributed by atoms with Crippen molar-refractivity contribution in [2.75, 3.05) is 9.80 Å². The van der Waals surface area contributed by atoms with E-state index in [9.17, 15) is 0 Å². The van der Waals surface area contributed by atoms with Crippen LogP contribution in [0.2, 0.25) is 5.02 Å². The number of aryl methyl sites for hydroxylation is 1. The van der Waals surface area contributed by atoms with Gasteiger partial charge in [-0.05, 0) is 146 Å². The minimum absolute atomic E-state index is 0.0106. The van der Waals surface area contributed by atoms with Crippen molar-refractivity contribution < 1.29 is 0 Å². The number of anilines is 6. The molecule has 0 N–H and O–H groups in total. The van der Waals surface area contributed by atoms with Crippen molar-refractivity contribution in [1.29, 1.82) is 0 Å². The van der Waals surface area contributed by atoms with E-state index in [2.05, 4.69) is 201 Å². The first-order valence-corrected chi connectivity index (χ1v) is 23.0. The van der Waals surface area contributed by atoms with Crippen LogP contribution in [0.4, 0.5) is 34.1 Å². The van der Waals surface area contributed by atoms with Crippen LogP contribution in [0.25, 0.3) is 21.2 Å². The highest BCUT2D eigenvalue weighted by Gasteiger charge is 2.47. The van der Waals surface area contributed by atoms with Gasteiger partial charge in [0.2, 0.25) is 0 Å². The van der Waals surface area contributed by atoms with Gasteiger partial charge in [-0.25, -0.2) is 0 Å². The largest absolute Gasteiger partial charge is 0.311 e. The Kier molecular flexibility index (Phi) is 8.77. The number of fused-ring (bicyclic) bond motifs is 7. The maximum absolute atomic E-state index is 6.99. The van der Waals surface area contributed by atoms with Gasteiger partial charge in [-0.3, -0.25) is 0 Å². The molecule has 6 aromatic carbocycles. The zero-order chi connectivity index (χ0) is 42.3. The molecule has 10 rings (SSSR count). The molecule has 0 spiro atoms. The minimum Gasteiger partial charge on any atom is -0.311 e. The van der Waals surface area contributed by atoms with E-state index in [0.717, 1.165) is 16.4 Å². The third-order valence-corrected chi connectivity index (χ3v) is 15.4. The van der Waals surface area contributed by atoms with Gasteiger partial charge in [-0.15, -0.1) is 11.3 Å². The summed E-state index contributed by atoms with van der Waals surface area (Å²) in [7, 11) is 0. The van der Waals surface area contributed by atoms with E-state index in [0.29, 0.717) is 0 Å². The summed E-state index contributed by atoms with van der Waals surface area (Å²) in [6.07, 6.45) is 2.36. The Morgan fingerprint density at radius 3 is 1.88 bits per heavy atom. The van der Waals surface area contributed by atoms with Crippen molar-refractivity contribution in [3.8, 4) is 11.1 Å². The van der Waals surface area contributed by atoms with Crippen LogP contribution < -0.4 is 25.5 Å². The molecule has 0 fully saturated rings. The van der Waals surface area contributed by atoms with Crippen LogP contribution in [0.15, 0.2) is 115 Å². The number of hydrogen-bond donors (Lipinski definition) is 0. The molecule has 0 saturated heterocycles. The SMILES string of the molecule is Cc1cc2c3c(c1)N(c1ccc(C(C)(C)C)cc1-c1ccccc1)c1c(sc4cc5c(cc14)C(C)(C)CCC5(C)C)B3c1ccc(Cl)cc1N2c1ccc(C(C)(C)C)cc1. The van der Waals surface area contributed by atoms with E-state index < -0.39 is 0 Å². The molecule has 0 unspecified atom stereocenters. The summed E-state index contributed by atoms with van der Waals surface area (Å²) in [6.45, 7) is 25.9. The first kappa shape index (κ1) is 39.4. The Balaban J connectivity index is 1.34. The molecule has 3 heterocycles. The highest BCUT2D eigenvalue weighted by atomic mass is 35.5. The summed E-state index contributed by atoms with van der Waals surface area (Å²) in [5.74, 6) is 0. The summed E-state index contributed by atoms with van der Waals surface area (Å²) in [5, 5.41) is 2.10. The lowest BCUT2D eigenvalue weighted by Gasteiger charge is -2.44. The normalized spacial score (nSPS) is 16.4. The van der Waals surface area contributed by atoms with Gasteiger partial charge < -0.3 is 9.80 Å². The smallest absolute Gasteiger partial charge is 0.264 e. The van der Waals surface area contributed by atoms with Crippen molar-refractivity contribution in [3.63, 3.8) is 0 Å². The predicted molar refractivity (Wildman–Crippen MR) is 264 cm³/mol. The number of hydrogen-bond acceptors (Lipinski definition) is 3. The van der Waals surface area contributed by atoms with Gasteiger partial charge in [0.1, 0.15) is 0 Å². The molecule has 2 nitrogen and oxygen atoms in total. The molecule has 0 bridgehead atoms. The molecule has 302 valence electrons. The van der Waals surface area contributed by atoms with E-state index >= 15 is 0 Å². The second-order valence-electron chi connectivity index (χ2n) is 21.1. The highest BCUT2D eigenvalue weighted by Crippen LogP contribution is 2.54. The minimum atomic E-state index is -0.0106. The monoisotopic (exact) mass is 822 g/mol. The quantitative estimate of drug-likeness (QED) is 0.164. The molecule has 1 aliphatic carbocycles. The van der Waals surface area contributed by atoms with Gasteiger partial charge in [0.05, 0.1) is 11.4 Å². The molecule has 5 heteroatoms. The van der Waals surface area contributed by atoms with Crippen molar-refractivity contribution in [2.45, 2.75) is 111 Å². The standard InChI is InChI=1S/C55H56BClN2S/c1-33-27-46-49-47(28-33)59(44-24-19-36(53(5,6)7)29-39(44)34-15-13-12-14-16-34)50-40-31-41-42(55(10,11)26-25-54(41,8)9)32-48(40)60-51(50)56(49)43-23-20-37(57)30-45(43)58(46)38-21-17-35(18-22-38)52(2,3)4/h12-24,27-32H,25-26H2,1-11H3. The van der Waals surface area contributed by atoms with Crippen molar-refractivity contribution in [3.05, 3.63) is 148 Å². The number of thiophene rings is 1. The van der Waals surface area contributed by atoms with E-state index in [1.807, 2.05) is 11.3 Å². The first-order chi connectivity index (χ1) is 28.3. The lowest BCUT2D eigenvalue weighted by molar-refractivity contribution is 0.332. The molecule has 0 saturated carbocycles. The Bertz CT molecular complexity index is 2870. The average Bonchev–Trinajstić information content (AvgIpc) is 3.57. The molecule has 2 aliphatic heterocycles. The van der Waals surface area contributed by atoms with Gasteiger partial charge >= 0.3 is 0 Å². The molecule has 1 aromatic heterocycles. The number of benzene rings is 6. The summed E-state index contributed by atoms with van der Waals surface area (Å²) < 4.78 is 2.76. The topological polar surface area (TPSA) is 6.48 Å². The van der Waals surface area contributed by atoms with E-state index in [4.69, 9.17) is 11.6 Å². The van der Waals surface area contributed by atoms with E-state index in [-0.39, 0.29) is 28.4 Å². The molecule has 0 amide bonds. The van der Waals surface area contributed by atoms with Gasteiger partial charge in [0.15, 0.2) is 0 Å². The van der Waals surface area contributed by atoms with Crippen LogP contribution >= 0.6 is 22.9 Å².